The monoisotopic (exact) mass is 516 g/mol. The molecule has 1 amide bonds. The lowest BCUT2D eigenvalue weighted by Gasteiger charge is -2.36. The Morgan fingerprint density at radius 2 is 1.95 bits per heavy atom. The number of carbonyl (C=O) groups excluding carboxylic acids is 2. The van der Waals surface area contributed by atoms with E-state index < -0.39 is 5.60 Å². The standard InChI is InChI=1S/C25H36N6O6/c1-5-36-19(32)8-6-7-18-20(29-11-13-30(14-12-29)24(34)37-25(2,3)4)22(33)31-23(26-18)27-21(28-31)17-9-15-35-16-10-17/h9H,5-8,10-16H2,1-4H3,(H,26,27,28). The van der Waals surface area contributed by atoms with Crippen molar-refractivity contribution in [2.75, 3.05) is 50.9 Å². The summed E-state index contributed by atoms with van der Waals surface area (Å²) in [4.78, 5) is 49.6. The molecule has 202 valence electrons. The molecular formula is C25H36N6O6. The lowest BCUT2D eigenvalue weighted by molar-refractivity contribution is -0.143. The van der Waals surface area contributed by atoms with E-state index >= 15 is 0 Å². The van der Waals surface area contributed by atoms with Gasteiger partial charge in [-0.25, -0.2) is 4.79 Å². The molecule has 0 unspecified atom stereocenters. The van der Waals surface area contributed by atoms with Crippen molar-refractivity contribution in [1.82, 2.24) is 24.5 Å². The van der Waals surface area contributed by atoms with Gasteiger partial charge in [-0.2, -0.15) is 9.50 Å². The first-order chi connectivity index (χ1) is 17.7. The molecule has 0 saturated carbocycles. The Morgan fingerprint density at radius 3 is 2.59 bits per heavy atom. The number of nitrogens with zero attached hydrogens (tertiary/aromatic N) is 5. The van der Waals surface area contributed by atoms with E-state index in [1.165, 1.54) is 4.52 Å². The van der Waals surface area contributed by atoms with Crippen molar-refractivity contribution in [3.8, 4) is 0 Å². The molecule has 0 spiro atoms. The highest BCUT2D eigenvalue weighted by molar-refractivity contribution is 5.70. The van der Waals surface area contributed by atoms with Crippen LogP contribution in [-0.2, 0) is 25.4 Å². The molecule has 12 heteroatoms. The number of nitrogens with one attached hydrogen (secondary N) is 1. The van der Waals surface area contributed by atoms with E-state index in [1.807, 2.05) is 31.7 Å². The number of piperazine rings is 1. The van der Waals surface area contributed by atoms with Gasteiger partial charge < -0.3 is 29.0 Å². The summed E-state index contributed by atoms with van der Waals surface area (Å²) in [7, 11) is 0. The number of aromatic amines is 1. The van der Waals surface area contributed by atoms with Crippen LogP contribution in [0.3, 0.4) is 0 Å². The first kappa shape index (κ1) is 26.6. The van der Waals surface area contributed by atoms with Crippen molar-refractivity contribution >= 4 is 29.1 Å². The number of ether oxygens (including phenoxy) is 3. The molecule has 0 radical (unpaired) electrons. The van der Waals surface area contributed by atoms with Crippen LogP contribution in [0.5, 0.6) is 0 Å². The summed E-state index contributed by atoms with van der Waals surface area (Å²) < 4.78 is 17.2. The van der Waals surface area contributed by atoms with Crippen molar-refractivity contribution < 1.29 is 23.8 Å². The molecule has 1 saturated heterocycles. The average molecular weight is 517 g/mol. The Hall–Kier alpha value is -3.41. The number of aryl methyl sites for hydroxylation is 1. The molecule has 0 bridgehead atoms. The molecule has 4 rings (SSSR count). The predicted molar refractivity (Wildman–Crippen MR) is 137 cm³/mol. The van der Waals surface area contributed by atoms with E-state index in [4.69, 9.17) is 14.2 Å². The molecule has 2 aromatic heterocycles. The predicted octanol–water partition coefficient (Wildman–Crippen LogP) is 2.16. The Morgan fingerprint density at radius 1 is 1.19 bits per heavy atom. The summed E-state index contributed by atoms with van der Waals surface area (Å²) in [5.41, 5.74) is 1.26. The van der Waals surface area contributed by atoms with Crippen LogP contribution in [0.2, 0.25) is 0 Å². The number of rotatable bonds is 7. The number of H-pyrrole nitrogens is 1. The number of amides is 1. The van der Waals surface area contributed by atoms with Gasteiger partial charge in [0.1, 0.15) is 11.3 Å². The average Bonchev–Trinajstić information content (AvgIpc) is 3.29. The van der Waals surface area contributed by atoms with Crippen molar-refractivity contribution in [2.24, 2.45) is 0 Å². The molecule has 0 atom stereocenters. The molecular weight excluding hydrogens is 480 g/mol. The minimum atomic E-state index is -0.576. The van der Waals surface area contributed by atoms with Gasteiger partial charge in [0.25, 0.3) is 5.56 Å². The van der Waals surface area contributed by atoms with E-state index in [2.05, 4.69) is 15.1 Å². The van der Waals surface area contributed by atoms with Gasteiger partial charge in [0, 0.05) is 38.3 Å². The second kappa shape index (κ2) is 11.3. The smallest absolute Gasteiger partial charge is 0.410 e. The summed E-state index contributed by atoms with van der Waals surface area (Å²) in [5.74, 6) is 0.588. The van der Waals surface area contributed by atoms with Crippen LogP contribution in [0.15, 0.2) is 10.9 Å². The van der Waals surface area contributed by atoms with Gasteiger partial charge >= 0.3 is 12.1 Å². The lowest BCUT2D eigenvalue weighted by Crippen LogP contribution is -2.51. The van der Waals surface area contributed by atoms with Gasteiger partial charge in [-0.1, -0.05) is 6.08 Å². The van der Waals surface area contributed by atoms with Crippen LogP contribution < -0.4 is 10.5 Å². The maximum absolute atomic E-state index is 13.7. The molecule has 0 aliphatic carbocycles. The fraction of sp³-hybridized carbons (Fsp3) is 0.640. The number of carbonyl (C=O) groups is 2. The number of anilines is 1. The van der Waals surface area contributed by atoms with E-state index in [-0.39, 0.29) is 24.0 Å². The highest BCUT2D eigenvalue weighted by Crippen LogP contribution is 2.22. The number of fused-ring (bicyclic) bond motifs is 1. The third kappa shape index (κ3) is 6.48. The molecule has 1 fully saturated rings. The highest BCUT2D eigenvalue weighted by atomic mass is 16.6. The molecule has 2 aliphatic rings. The third-order valence-corrected chi connectivity index (χ3v) is 6.16. The van der Waals surface area contributed by atoms with Crippen molar-refractivity contribution in [2.45, 2.75) is 59.0 Å². The van der Waals surface area contributed by atoms with Crippen LogP contribution in [0.4, 0.5) is 10.5 Å². The van der Waals surface area contributed by atoms with Crippen LogP contribution in [-0.4, -0.2) is 88.1 Å². The summed E-state index contributed by atoms with van der Waals surface area (Å²) in [6.07, 6.45) is 3.47. The first-order valence-electron chi connectivity index (χ1n) is 12.8. The summed E-state index contributed by atoms with van der Waals surface area (Å²) in [6, 6.07) is 0. The number of hydrogen-bond acceptors (Lipinski definition) is 9. The number of esters is 1. The SMILES string of the molecule is CCOC(=O)CCCc1[nH]c2nc(C3=CCOCC3)nn2c(=O)c1N1CCN(C(=O)OC(C)(C)C)CC1. The third-order valence-electron chi connectivity index (χ3n) is 6.16. The Balaban J connectivity index is 1.60. The number of hydrogen-bond donors (Lipinski definition) is 1. The Labute approximate surface area is 215 Å². The van der Waals surface area contributed by atoms with Crippen LogP contribution in [0.25, 0.3) is 11.4 Å². The molecule has 12 nitrogen and oxygen atoms in total. The van der Waals surface area contributed by atoms with E-state index in [1.54, 1.807) is 11.8 Å². The molecule has 37 heavy (non-hydrogen) atoms. The van der Waals surface area contributed by atoms with Gasteiger partial charge in [0.15, 0.2) is 5.82 Å². The highest BCUT2D eigenvalue weighted by Gasteiger charge is 2.29. The van der Waals surface area contributed by atoms with Crippen LogP contribution in [0, 0.1) is 0 Å². The Kier molecular flexibility index (Phi) is 8.16. The molecule has 1 N–H and O–H groups in total. The zero-order valence-corrected chi connectivity index (χ0v) is 22.0. The maximum atomic E-state index is 13.7. The molecule has 0 aromatic carbocycles. The normalized spacial score (nSPS) is 16.6. The van der Waals surface area contributed by atoms with Gasteiger partial charge in [0.05, 0.1) is 19.8 Å². The fourth-order valence-electron chi connectivity index (χ4n) is 4.41. The second-order valence-corrected chi connectivity index (χ2v) is 10.1. The van der Waals surface area contributed by atoms with Crippen molar-refractivity contribution in [3.63, 3.8) is 0 Å². The minimum Gasteiger partial charge on any atom is -0.466 e. The zero-order chi connectivity index (χ0) is 26.6. The summed E-state index contributed by atoms with van der Waals surface area (Å²) in [6.45, 7) is 10.4. The lowest BCUT2D eigenvalue weighted by atomic mass is 10.1. The quantitative estimate of drug-likeness (QED) is 0.550. The summed E-state index contributed by atoms with van der Waals surface area (Å²) in [5, 5.41) is 4.50. The van der Waals surface area contributed by atoms with Crippen LogP contribution in [0.1, 0.15) is 58.5 Å². The minimum absolute atomic E-state index is 0.248. The number of aromatic nitrogens is 4. The molecule has 2 aromatic rings. The fourth-order valence-corrected chi connectivity index (χ4v) is 4.41. The van der Waals surface area contributed by atoms with E-state index in [9.17, 15) is 14.4 Å². The summed E-state index contributed by atoms with van der Waals surface area (Å²) >= 11 is 0. The van der Waals surface area contributed by atoms with Crippen molar-refractivity contribution in [1.29, 1.82) is 0 Å². The van der Waals surface area contributed by atoms with Gasteiger partial charge in [-0.05, 0) is 52.5 Å². The van der Waals surface area contributed by atoms with Crippen molar-refractivity contribution in [3.05, 3.63) is 27.9 Å². The zero-order valence-electron chi connectivity index (χ0n) is 22.0. The van der Waals surface area contributed by atoms with E-state index in [0.29, 0.717) is 88.2 Å². The second-order valence-electron chi connectivity index (χ2n) is 10.1. The van der Waals surface area contributed by atoms with Gasteiger partial charge in [0.2, 0.25) is 5.78 Å². The molecule has 2 aliphatic heterocycles. The first-order valence-corrected chi connectivity index (χ1v) is 12.8. The van der Waals surface area contributed by atoms with Gasteiger partial charge in [-0.3, -0.25) is 9.59 Å². The van der Waals surface area contributed by atoms with Gasteiger partial charge in [-0.15, -0.1) is 5.10 Å². The molecule has 4 heterocycles. The largest absolute Gasteiger partial charge is 0.466 e. The Bertz CT molecular complexity index is 1220. The topological polar surface area (TPSA) is 131 Å². The van der Waals surface area contributed by atoms with E-state index in [0.717, 1.165) is 5.57 Å². The maximum Gasteiger partial charge on any atom is 0.410 e. The van der Waals surface area contributed by atoms with Crippen LogP contribution >= 0.6 is 0 Å².